The summed E-state index contributed by atoms with van der Waals surface area (Å²) >= 11 is 0. The quantitative estimate of drug-likeness (QED) is 0.528. The first-order chi connectivity index (χ1) is 6.75. The summed E-state index contributed by atoms with van der Waals surface area (Å²) in [7, 11) is 0. The molecule has 1 rings (SSSR count). The van der Waals surface area contributed by atoms with Crippen LogP contribution in [0.3, 0.4) is 0 Å². The van der Waals surface area contributed by atoms with Gasteiger partial charge >= 0.3 is 0 Å². The molecule has 5 nitrogen and oxygen atoms in total. The molecule has 0 amide bonds. The number of anilines is 1. The Kier molecular flexibility index (Phi) is 4.22. The van der Waals surface area contributed by atoms with Gasteiger partial charge in [0, 0.05) is 6.42 Å². The largest absolute Gasteiger partial charge is 0.366 e. The fourth-order valence-electron chi connectivity index (χ4n) is 1.39. The van der Waals surface area contributed by atoms with Gasteiger partial charge in [0.05, 0.1) is 0 Å². The average molecular weight is 197 g/mol. The molecule has 0 saturated carbocycles. The smallest absolute Gasteiger partial charge is 0.240 e. The molecule has 0 spiro atoms. The Balaban J connectivity index is 2.21. The maximum Gasteiger partial charge on any atom is 0.240 e. The number of aryl methyl sites for hydroxylation is 1. The van der Waals surface area contributed by atoms with Crippen molar-refractivity contribution in [2.75, 3.05) is 11.6 Å². The fourth-order valence-corrected chi connectivity index (χ4v) is 1.39. The Bertz CT molecular complexity index is 268. The molecule has 0 radical (unpaired) electrons. The molecule has 0 saturated heterocycles. The van der Waals surface area contributed by atoms with Crippen LogP contribution in [0.15, 0.2) is 0 Å². The third kappa shape index (κ3) is 2.90. The van der Waals surface area contributed by atoms with Crippen LogP contribution < -0.4 is 11.6 Å². The van der Waals surface area contributed by atoms with E-state index in [1.54, 1.807) is 0 Å². The second-order valence-electron chi connectivity index (χ2n) is 3.51. The van der Waals surface area contributed by atoms with Crippen molar-refractivity contribution < 1.29 is 0 Å². The summed E-state index contributed by atoms with van der Waals surface area (Å²) in [6.45, 7) is 2.21. The van der Waals surface area contributed by atoms with Crippen molar-refractivity contribution in [2.45, 2.75) is 45.4 Å². The standard InChI is InChI=1S/C9H19N5/c1-2-3-4-5-6-7-8-12-13-9(10)14(8)11/h2-7,11H2,1H3,(H2,10,13). The molecule has 0 unspecified atom stereocenters. The van der Waals surface area contributed by atoms with Crippen LogP contribution in [-0.2, 0) is 6.42 Å². The number of nitrogens with zero attached hydrogens (tertiary/aromatic N) is 3. The van der Waals surface area contributed by atoms with Gasteiger partial charge in [0.1, 0.15) is 0 Å². The first kappa shape index (κ1) is 10.8. The lowest BCUT2D eigenvalue weighted by Gasteiger charge is -2.00. The highest BCUT2D eigenvalue weighted by atomic mass is 15.4. The lowest BCUT2D eigenvalue weighted by atomic mass is 10.1. The molecular weight excluding hydrogens is 178 g/mol. The molecule has 1 aromatic rings. The third-order valence-corrected chi connectivity index (χ3v) is 2.30. The van der Waals surface area contributed by atoms with Gasteiger partial charge in [0.25, 0.3) is 0 Å². The van der Waals surface area contributed by atoms with E-state index >= 15 is 0 Å². The molecule has 0 bridgehead atoms. The highest BCUT2D eigenvalue weighted by Gasteiger charge is 2.04. The van der Waals surface area contributed by atoms with Crippen molar-refractivity contribution >= 4 is 5.95 Å². The Hall–Kier alpha value is -1.26. The van der Waals surface area contributed by atoms with E-state index < -0.39 is 0 Å². The summed E-state index contributed by atoms with van der Waals surface area (Å²) in [5.74, 6) is 6.67. The van der Waals surface area contributed by atoms with Crippen LogP contribution in [0.5, 0.6) is 0 Å². The predicted molar refractivity (Wildman–Crippen MR) is 57.0 cm³/mol. The number of nitrogens with two attached hydrogens (primary N) is 2. The summed E-state index contributed by atoms with van der Waals surface area (Å²) < 4.78 is 1.36. The second kappa shape index (κ2) is 5.47. The van der Waals surface area contributed by atoms with Gasteiger partial charge in [-0.15, -0.1) is 10.2 Å². The molecule has 80 valence electrons. The number of hydrogen-bond acceptors (Lipinski definition) is 4. The van der Waals surface area contributed by atoms with Gasteiger partial charge in [-0.05, 0) is 6.42 Å². The van der Waals surface area contributed by atoms with Crippen LogP contribution in [0, 0.1) is 0 Å². The van der Waals surface area contributed by atoms with Crippen molar-refractivity contribution in [1.82, 2.24) is 14.9 Å². The molecule has 0 aliphatic rings. The van der Waals surface area contributed by atoms with E-state index in [9.17, 15) is 0 Å². The van der Waals surface area contributed by atoms with Crippen LogP contribution >= 0.6 is 0 Å². The van der Waals surface area contributed by atoms with E-state index in [2.05, 4.69) is 17.1 Å². The molecule has 5 heteroatoms. The minimum atomic E-state index is 0.286. The molecule has 1 aromatic heterocycles. The molecule has 0 aromatic carbocycles. The molecule has 4 N–H and O–H groups in total. The van der Waals surface area contributed by atoms with Gasteiger partial charge in [-0.1, -0.05) is 32.6 Å². The number of unbranched alkanes of at least 4 members (excludes halogenated alkanes) is 4. The van der Waals surface area contributed by atoms with Crippen molar-refractivity contribution in [1.29, 1.82) is 0 Å². The molecule has 0 aliphatic heterocycles. The number of nitrogen functional groups attached to an aromatic ring is 2. The topological polar surface area (TPSA) is 82.8 Å². The summed E-state index contributed by atoms with van der Waals surface area (Å²) in [5, 5.41) is 7.59. The van der Waals surface area contributed by atoms with Crippen LogP contribution in [0.2, 0.25) is 0 Å². The zero-order valence-corrected chi connectivity index (χ0v) is 8.74. The van der Waals surface area contributed by atoms with Gasteiger partial charge in [0.2, 0.25) is 5.95 Å². The SMILES string of the molecule is CCCCCCCc1nnc(N)n1N. The second-order valence-corrected chi connectivity index (χ2v) is 3.51. The normalized spacial score (nSPS) is 10.6. The number of aromatic nitrogens is 3. The van der Waals surface area contributed by atoms with Crippen molar-refractivity contribution in [3.63, 3.8) is 0 Å². The maximum absolute atomic E-state index is 5.61. The molecule has 14 heavy (non-hydrogen) atoms. The fraction of sp³-hybridized carbons (Fsp3) is 0.778. The molecular formula is C9H19N5. The Morgan fingerprint density at radius 2 is 1.86 bits per heavy atom. The Labute approximate surface area is 84.5 Å². The third-order valence-electron chi connectivity index (χ3n) is 2.30. The first-order valence-corrected chi connectivity index (χ1v) is 5.20. The van der Waals surface area contributed by atoms with Crippen LogP contribution in [0.4, 0.5) is 5.95 Å². The Morgan fingerprint density at radius 1 is 1.14 bits per heavy atom. The monoisotopic (exact) mass is 197 g/mol. The van der Waals surface area contributed by atoms with Crippen LogP contribution in [0.1, 0.15) is 44.9 Å². The lowest BCUT2D eigenvalue weighted by molar-refractivity contribution is 0.617. The zero-order chi connectivity index (χ0) is 10.4. The van der Waals surface area contributed by atoms with Crippen molar-refractivity contribution in [3.05, 3.63) is 5.82 Å². The van der Waals surface area contributed by atoms with Crippen molar-refractivity contribution in [3.8, 4) is 0 Å². The Morgan fingerprint density at radius 3 is 2.43 bits per heavy atom. The highest BCUT2D eigenvalue weighted by Crippen LogP contribution is 2.07. The van der Waals surface area contributed by atoms with E-state index in [0.29, 0.717) is 0 Å². The zero-order valence-electron chi connectivity index (χ0n) is 8.74. The maximum atomic E-state index is 5.61. The van der Waals surface area contributed by atoms with Gasteiger partial charge in [-0.2, -0.15) is 0 Å². The molecule has 1 heterocycles. The molecule has 0 fully saturated rings. The summed E-state index contributed by atoms with van der Waals surface area (Å²) in [6.07, 6.45) is 7.04. The van der Waals surface area contributed by atoms with Gasteiger partial charge in [-0.25, -0.2) is 4.68 Å². The van der Waals surface area contributed by atoms with E-state index in [1.807, 2.05) is 0 Å². The predicted octanol–water partition coefficient (Wildman–Crippen LogP) is 1.09. The first-order valence-electron chi connectivity index (χ1n) is 5.20. The van der Waals surface area contributed by atoms with E-state index in [4.69, 9.17) is 11.6 Å². The minimum Gasteiger partial charge on any atom is -0.366 e. The van der Waals surface area contributed by atoms with Gasteiger partial charge < -0.3 is 11.6 Å². The van der Waals surface area contributed by atoms with Gasteiger partial charge in [0.15, 0.2) is 5.82 Å². The molecule has 0 aliphatic carbocycles. The van der Waals surface area contributed by atoms with Gasteiger partial charge in [-0.3, -0.25) is 0 Å². The number of rotatable bonds is 6. The number of hydrogen-bond donors (Lipinski definition) is 2. The van der Waals surface area contributed by atoms with E-state index in [-0.39, 0.29) is 5.95 Å². The van der Waals surface area contributed by atoms with Crippen LogP contribution in [0.25, 0.3) is 0 Å². The lowest BCUT2D eigenvalue weighted by Crippen LogP contribution is -2.15. The molecule has 0 atom stereocenters. The summed E-state index contributed by atoms with van der Waals surface area (Å²) in [4.78, 5) is 0. The van der Waals surface area contributed by atoms with Crippen molar-refractivity contribution in [2.24, 2.45) is 0 Å². The van der Waals surface area contributed by atoms with Crippen LogP contribution in [-0.4, -0.2) is 14.9 Å². The summed E-state index contributed by atoms with van der Waals surface area (Å²) in [6, 6.07) is 0. The van der Waals surface area contributed by atoms with E-state index in [0.717, 1.165) is 18.7 Å². The minimum absolute atomic E-state index is 0.286. The van der Waals surface area contributed by atoms with E-state index in [1.165, 1.54) is 30.4 Å². The average Bonchev–Trinajstić information content (AvgIpc) is 2.49. The highest BCUT2D eigenvalue weighted by molar-refractivity contribution is 5.16. The summed E-state index contributed by atoms with van der Waals surface area (Å²) in [5.41, 5.74) is 5.46.